The second-order valence-electron chi connectivity index (χ2n) is 6.40. The SMILES string of the molecule is CCOc1cc(/C=C(/C#N)C(=O)N[C@@H](C)c2ccccc2)cc(Cl)c1OCC(=O)OC. The third kappa shape index (κ3) is 6.76. The maximum absolute atomic E-state index is 12.6. The Labute approximate surface area is 186 Å². The molecule has 2 rings (SSSR count). The minimum Gasteiger partial charge on any atom is -0.490 e. The van der Waals surface area contributed by atoms with Crippen molar-refractivity contribution >= 4 is 29.6 Å². The van der Waals surface area contributed by atoms with Gasteiger partial charge in [-0.05, 0) is 43.2 Å². The molecule has 7 nitrogen and oxygen atoms in total. The molecular formula is C23H23ClN2O5. The van der Waals surface area contributed by atoms with E-state index in [9.17, 15) is 14.9 Å². The summed E-state index contributed by atoms with van der Waals surface area (Å²) in [5.74, 6) is -0.635. The molecule has 0 bridgehead atoms. The number of rotatable bonds is 9. The third-order valence-corrected chi connectivity index (χ3v) is 4.50. The van der Waals surface area contributed by atoms with Gasteiger partial charge in [0, 0.05) is 0 Å². The fourth-order valence-corrected chi connectivity index (χ4v) is 2.95. The summed E-state index contributed by atoms with van der Waals surface area (Å²) in [6.07, 6.45) is 1.41. The fourth-order valence-electron chi connectivity index (χ4n) is 2.68. The molecule has 0 fully saturated rings. The van der Waals surface area contributed by atoms with E-state index in [4.69, 9.17) is 21.1 Å². The molecule has 0 aromatic heterocycles. The van der Waals surface area contributed by atoms with Gasteiger partial charge >= 0.3 is 5.97 Å². The van der Waals surface area contributed by atoms with Crippen LogP contribution >= 0.6 is 11.6 Å². The molecule has 1 atom stereocenters. The third-order valence-electron chi connectivity index (χ3n) is 4.22. The first kappa shape index (κ1) is 23.8. The topological polar surface area (TPSA) is 97.6 Å². The van der Waals surface area contributed by atoms with E-state index in [0.29, 0.717) is 12.2 Å². The molecule has 2 aromatic rings. The standard InChI is InChI=1S/C23H23ClN2O5/c1-4-30-20-12-16(11-19(24)22(20)31-14-21(27)29-3)10-18(13-25)23(28)26-15(2)17-8-6-5-7-9-17/h5-12,15H,4,14H2,1-3H3,(H,26,28)/b18-10-/t15-/m0/s1. The van der Waals surface area contributed by atoms with Gasteiger partial charge in [0.1, 0.15) is 11.6 Å². The van der Waals surface area contributed by atoms with E-state index in [-0.39, 0.29) is 34.7 Å². The Morgan fingerprint density at radius 3 is 2.55 bits per heavy atom. The maximum Gasteiger partial charge on any atom is 0.343 e. The molecule has 0 aliphatic heterocycles. The molecule has 0 radical (unpaired) electrons. The number of nitrogens with zero attached hydrogens (tertiary/aromatic N) is 1. The average molecular weight is 443 g/mol. The van der Waals surface area contributed by atoms with Crippen LogP contribution in [0.4, 0.5) is 0 Å². The molecule has 162 valence electrons. The van der Waals surface area contributed by atoms with Gasteiger partial charge in [-0.1, -0.05) is 41.9 Å². The Hall–Kier alpha value is -3.50. The summed E-state index contributed by atoms with van der Waals surface area (Å²) in [4.78, 5) is 24.0. The van der Waals surface area contributed by atoms with Gasteiger partial charge in [-0.15, -0.1) is 0 Å². The van der Waals surface area contributed by atoms with E-state index < -0.39 is 11.9 Å². The van der Waals surface area contributed by atoms with Crippen molar-refractivity contribution in [2.24, 2.45) is 0 Å². The van der Waals surface area contributed by atoms with Crippen LogP contribution in [0.15, 0.2) is 48.0 Å². The lowest BCUT2D eigenvalue weighted by Gasteiger charge is -2.15. The predicted molar refractivity (Wildman–Crippen MR) is 117 cm³/mol. The minimum atomic E-state index is -0.571. The number of carbonyl (C=O) groups excluding carboxylic acids is 2. The number of esters is 1. The number of ether oxygens (including phenoxy) is 3. The Bertz CT molecular complexity index is 999. The predicted octanol–water partition coefficient (Wildman–Crippen LogP) is 4.07. The van der Waals surface area contributed by atoms with Gasteiger partial charge in [-0.3, -0.25) is 4.79 Å². The maximum atomic E-state index is 12.6. The monoisotopic (exact) mass is 442 g/mol. The second kappa shape index (κ2) is 11.6. The highest BCUT2D eigenvalue weighted by molar-refractivity contribution is 6.32. The van der Waals surface area contributed by atoms with Crippen LogP contribution in [0.3, 0.4) is 0 Å². The molecule has 0 unspecified atom stereocenters. The van der Waals surface area contributed by atoms with Crippen LogP contribution < -0.4 is 14.8 Å². The van der Waals surface area contributed by atoms with E-state index in [0.717, 1.165) is 5.56 Å². The van der Waals surface area contributed by atoms with Crippen LogP contribution in [0.1, 0.15) is 31.0 Å². The van der Waals surface area contributed by atoms with Crippen molar-refractivity contribution in [3.8, 4) is 17.6 Å². The van der Waals surface area contributed by atoms with Crippen molar-refractivity contribution in [2.75, 3.05) is 20.3 Å². The van der Waals surface area contributed by atoms with Gasteiger partial charge in [-0.25, -0.2) is 4.79 Å². The van der Waals surface area contributed by atoms with Gasteiger partial charge in [0.25, 0.3) is 5.91 Å². The van der Waals surface area contributed by atoms with Crippen LogP contribution in [0.25, 0.3) is 6.08 Å². The number of hydrogen-bond acceptors (Lipinski definition) is 6. The van der Waals surface area contributed by atoms with Crippen molar-refractivity contribution in [1.29, 1.82) is 5.26 Å². The first-order valence-corrected chi connectivity index (χ1v) is 9.90. The molecule has 0 saturated heterocycles. The van der Waals surface area contributed by atoms with Crippen LogP contribution in [0.2, 0.25) is 5.02 Å². The van der Waals surface area contributed by atoms with Gasteiger partial charge in [0.15, 0.2) is 18.1 Å². The zero-order valence-corrected chi connectivity index (χ0v) is 18.2. The van der Waals surface area contributed by atoms with Crippen LogP contribution in [0.5, 0.6) is 11.5 Å². The number of hydrogen-bond donors (Lipinski definition) is 1. The van der Waals surface area contributed by atoms with Crippen LogP contribution in [-0.4, -0.2) is 32.2 Å². The van der Waals surface area contributed by atoms with Crippen molar-refractivity contribution in [1.82, 2.24) is 5.32 Å². The van der Waals surface area contributed by atoms with Gasteiger partial charge in [0.2, 0.25) is 0 Å². The van der Waals surface area contributed by atoms with E-state index in [1.54, 1.807) is 13.0 Å². The first-order valence-electron chi connectivity index (χ1n) is 9.53. The molecule has 0 aliphatic rings. The second-order valence-corrected chi connectivity index (χ2v) is 6.81. The van der Waals surface area contributed by atoms with E-state index >= 15 is 0 Å². The first-order chi connectivity index (χ1) is 14.9. The highest BCUT2D eigenvalue weighted by atomic mass is 35.5. The van der Waals surface area contributed by atoms with E-state index in [1.165, 1.54) is 19.3 Å². The molecule has 1 amide bonds. The smallest absolute Gasteiger partial charge is 0.343 e. The summed E-state index contributed by atoms with van der Waals surface area (Å²) >= 11 is 6.30. The lowest BCUT2D eigenvalue weighted by atomic mass is 10.1. The van der Waals surface area contributed by atoms with Crippen molar-refractivity contribution < 1.29 is 23.8 Å². The molecule has 0 spiro atoms. The molecule has 2 aromatic carbocycles. The molecular weight excluding hydrogens is 420 g/mol. The molecule has 1 N–H and O–H groups in total. The number of nitriles is 1. The molecule has 0 saturated carbocycles. The summed E-state index contributed by atoms with van der Waals surface area (Å²) < 4.78 is 15.5. The lowest BCUT2D eigenvalue weighted by Crippen LogP contribution is -2.27. The molecule has 31 heavy (non-hydrogen) atoms. The van der Waals surface area contributed by atoms with Gasteiger partial charge < -0.3 is 19.5 Å². The Kier molecular flexibility index (Phi) is 8.92. The minimum absolute atomic E-state index is 0.0930. The molecule has 0 aliphatic carbocycles. The highest BCUT2D eigenvalue weighted by Crippen LogP contribution is 2.37. The largest absolute Gasteiger partial charge is 0.490 e. The zero-order chi connectivity index (χ0) is 22.8. The summed E-state index contributed by atoms with van der Waals surface area (Å²) in [6.45, 7) is 3.59. The summed E-state index contributed by atoms with van der Waals surface area (Å²) in [7, 11) is 1.25. The van der Waals surface area contributed by atoms with Crippen LogP contribution in [-0.2, 0) is 14.3 Å². The summed E-state index contributed by atoms with van der Waals surface area (Å²) in [6, 6.07) is 14.1. The number of amides is 1. The number of benzene rings is 2. The van der Waals surface area contributed by atoms with Crippen molar-refractivity contribution in [3.05, 3.63) is 64.2 Å². The van der Waals surface area contributed by atoms with E-state index in [1.807, 2.05) is 43.3 Å². The normalized spacial score (nSPS) is 11.8. The highest BCUT2D eigenvalue weighted by Gasteiger charge is 2.17. The van der Waals surface area contributed by atoms with Gasteiger partial charge in [-0.2, -0.15) is 5.26 Å². The number of nitrogens with one attached hydrogen (secondary N) is 1. The van der Waals surface area contributed by atoms with Crippen molar-refractivity contribution in [3.63, 3.8) is 0 Å². The number of carbonyl (C=O) groups is 2. The fraction of sp³-hybridized carbons (Fsp3) is 0.261. The number of halogens is 1. The lowest BCUT2D eigenvalue weighted by molar-refractivity contribution is -0.142. The Balaban J connectivity index is 2.27. The van der Waals surface area contributed by atoms with Crippen molar-refractivity contribution in [2.45, 2.75) is 19.9 Å². The van der Waals surface area contributed by atoms with Crippen LogP contribution in [0, 0.1) is 11.3 Å². The number of methoxy groups -OCH3 is 1. The quantitative estimate of drug-likeness (QED) is 0.357. The summed E-state index contributed by atoms with van der Waals surface area (Å²) in [5, 5.41) is 12.5. The Morgan fingerprint density at radius 2 is 1.94 bits per heavy atom. The molecule has 8 heteroatoms. The Morgan fingerprint density at radius 1 is 1.23 bits per heavy atom. The summed E-state index contributed by atoms with van der Waals surface area (Å²) in [5.41, 5.74) is 1.30. The average Bonchev–Trinajstić information content (AvgIpc) is 2.77. The zero-order valence-electron chi connectivity index (χ0n) is 17.5. The van der Waals surface area contributed by atoms with Gasteiger partial charge in [0.05, 0.1) is 24.8 Å². The van der Waals surface area contributed by atoms with E-state index in [2.05, 4.69) is 10.1 Å². The molecule has 0 heterocycles.